The Balaban J connectivity index is 0.801. The summed E-state index contributed by atoms with van der Waals surface area (Å²) >= 11 is 0. The lowest BCUT2D eigenvalue weighted by molar-refractivity contribution is 0.868. The predicted octanol–water partition coefficient (Wildman–Crippen LogP) is 18.4. The highest BCUT2D eigenvalue weighted by molar-refractivity contribution is 5.82. The van der Waals surface area contributed by atoms with E-state index in [4.69, 9.17) is 0 Å². The lowest BCUT2D eigenvalue weighted by atomic mass is 9.84. The van der Waals surface area contributed by atoms with Crippen LogP contribution in [0.25, 0.3) is 50.1 Å². The number of allylic oxidation sites excluding steroid dienone is 4. The molecule has 0 spiro atoms. The monoisotopic (exact) mass is 870 g/mol. The van der Waals surface area contributed by atoms with Crippen LogP contribution in [0.3, 0.4) is 0 Å². The summed E-state index contributed by atoms with van der Waals surface area (Å²) in [6, 6.07) is 96.1. The van der Waals surface area contributed by atoms with E-state index in [1.54, 1.807) is 0 Å². The molecule has 0 saturated carbocycles. The summed E-state index contributed by atoms with van der Waals surface area (Å²) in [4.78, 5) is 4.65. The molecule has 10 aromatic carbocycles. The zero-order valence-corrected chi connectivity index (χ0v) is 37.8. The van der Waals surface area contributed by atoms with Crippen molar-refractivity contribution >= 4 is 39.7 Å². The molecule has 324 valence electrons. The van der Waals surface area contributed by atoms with Gasteiger partial charge in [-0.05, 0) is 146 Å². The van der Waals surface area contributed by atoms with E-state index in [0.717, 1.165) is 40.5 Å². The van der Waals surface area contributed by atoms with Crippen LogP contribution in [0.1, 0.15) is 23.5 Å². The molecule has 0 saturated heterocycles. The lowest BCUT2D eigenvalue weighted by Gasteiger charge is -2.26. The summed E-state index contributed by atoms with van der Waals surface area (Å²) in [6.07, 6.45) is 7.81. The summed E-state index contributed by atoms with van der Waals surface area (Å²) in [6.45, 7) is 0. The van der Waals surface area contributed by atoms with Crippen molar-refractivity contribution < 1.29 is 0 Å². The van der Waals surface area contributed by atoms with Crippen molar-refractivity contribution in [1.29, 1.82) is 0 Å². The van der Waals surface area contributed by atoms with E-state index in [1.165, 1.54) is 61.2 Å². The van der Waals surface area contributed by atoms with Gasteiger partial charge < -0.3 is 9.80 Å². The maximum atomic E-state index is 2.37. The lowest BCUT2D eigenvalue weighted by Crippen LogP contribution is -2.09. The first-order chi connectivity index (χ1) is 33.7. The second-order valence-corrected chi connectivity index (χ2v) is 17.4. The minimum Gasteiger partial charge on any atom is -0.311 e. The second kappa shape index (κ2) is 19.4. The van der Waals surface area contributed by atoms with Crippen LogP contribution in [0.4, 0.5) is 34.1 Å². The molecule has 11 rings (SSSR count). The van der Waals surface area contributed by atoms with Gasteiger partial charge >= 0.3 is 0 Å². The van der Waals surface area contributed by atoms with Gasteiger partial charge in [0.1, 0.15) is 0 Å². The quantitative estimate of drug-likeness (QED) is 0.121. The molecule has 0 aromatic heterocycles. The second-order valence-electron chi connectivity index (χ2n) is 17.4. The highest BCUT2D eigenvalue weighted by Crippen LogP contribution is 2.40. The van der Waals surface area contributed by atoms with Gasteiger partial charge in [0.25, 0.3) is 0 Å². The van der Waals surface area contributed by atoms with Crippen molar-refractivity contribution in [3.8, 4) is 44.5 Å². The average molecular weight is 871 g/mol. The van der Waals surface area contributed by atoms with Crippen molar-refractivity contribution in [3.63, 3.8) is 0 Å². The zero-order valence-electron chi connectivity index (χ0n) is 37.8. The van der Waals surface area contributed by atoms with Crippen LogP contribution >= 0.6 is 0 Å². The van der Waals surface area contributed by atoms with Crippen LogP contribution in [-0.2, 0) is 0 Å². The molecule has 68 heavy (non-hydrogen) atoms. The number of hydrogen-bond acceptors (Lipinski definition) is 2. The zero-order chi connectivity index (χ0) is 45.5. The maximum Gasteiger partial charge on any atom is 0.0462 e. The fraction of sp³-hybridized carbons (Fsp3) is 0.0303. The third-order valence-corrected chi connectivity index (χ3v) is 13.0. The Morgan fingerprint density at radius 1 is 0.265 bits per heavy atom. The largest absolute Gasteiger partial charge is 0.311 e. The SMILES string of the molecule is C1=CC(c2cccc(-c3ccc(N(c4ccccc4)c4ccc(-c5ccccc5)cc4)cc3)c2)CC(c2cccc(-c3ccc(N(c4ccccc4)c4ccc(-c5ccccc5)cc4)cc3)c2)=C1. The Morgan fingerprint density at radius 2 is 0.588 bits per heavy atom. The van der Waals surface area contributed by atoms with Gasteiger partial charge in [-0.3, -0.25) is 0 Å². The van der Waals surface area contributed by atoms with E-state index < -0.39 is 0 Å². The summed E-state index contributed by atoms with van der Waals surface area (Å²) in [5.74, 6) is 0.273. The fourth-order valence-corrected chi connectivity index (χ4v) is 9.49. The molecule has 1 aliphatic carbocycles. The highest BCUT2D eigenvalue weighted by Gasteiger charge is 2.18. The number of anilines is 6. The summed E-state index contributed by atoms with van der Waals surface area (Å²) in [5, 5.41) is 0. The van der Waals surface area contributed by atoms with Gasteiger partial charge in [-0.15, -0.1) is 0 Å². The Bertz CT molecular complexity index is 3300. The molecule has 0 radical (unpaired) electrons. The first-order valence-electron chi connectivity index (χ1n) is 23.5. The van der Waals surface area contributed by atoms with Gasteiger partial charge in [-0.2, -0.15) is 0 Å². The standard InChI is InChI=1S/C66H50N2/c1-5-16-49(17-6-1)51-30-38-63(39-31-51)67(61-26-9-3-10-27-61)65-42-34-53(35-43-65)55-20-13-22-57(46-55)59-24-15-25-60(48-59)58-23-14-21-56(47-58)54-36-44-66(45-37-54)68(62-28-11-4-12-29-62)64-40-32-52(33-41-64)50-18-7-2-8-19-50/h1-47,59H,48H2. The smallest absolute Gasteiger partial charge is 0.0462 e. The van der Waals surface area contributed by atoms with E-state index in [-0.39, 0.29) is 5.92 Å². The molecule has 1 atom stereocenters. The van der Waals surface area contributed by atoms with Gasteiger partial charge in [-0.1, -0.05) is 206 Å². The Hall–Kier alpha value is -8.72. The topological polar surface area (TPSA) is 6.48 Å². The maximum absolute atomic E-state index is 2.37. The van der Waals surface area contributed by atoms with Crippen LogP contribution in [0.2, 0.25) is 0 Å². The summed E-state index contributed by atoms with van der Waals surface area (Å²) in [5.41, 5.74) is 20.3. The van der Waals surface area contributed by atoms with E-state index in [0.29, 0.717) is 0 Å². The minimum absolute atomic E-state index is 0.273. The van der Waals surface area contributed by atoms with Gasteiger partial charge in [0.2, 0.25) is 0 Å². The molecular formula is C66H50N2. The van der Waals surface area contributed by atoms with Gasteiger partial charge in [0, 0.05) is 40.0 Å². The van der Waals surface area contributed by atoms with Crippen molar-refractivity contribution in [2.75, 3.05) is 9.80 Å². The molecule has 0 amide bonds. The van der Waals surface area contributed by atoms with Crippen LogP contribution in [-0.4, -0.2) is 0 Å². The first-order valence-corrected chi connectivity index (χ1v) is 23.5. The molecule has 0 fully saturated rings. The fourth-order valence-electron chi connectivity index (χ4n) is 9.49. The molecule has 2 heteroatoms. The third kappa shape index (κ3) is 9.09. The highest BCUT2D eigenvalue weighted by atomic mass is 15.1. The minimum atomic E-state index is 0.273. The predicted molar refractivity (Wildman–Crippen MR) is 288 cm³/mol. The molecule has 0 heterocycles. The molecule has 1 unspecified atom stereocenters. The molecule has 0 aliphatic heterocycles. The van der Waals surface area contributed by atoms with E-state index in [9.17, 15) is 0 Å². The number of benzene rings is 10. The molecule has 2 nitrogen and oxygen atoms in total. The summed E-state index contributed by atoms with van der Waals surface area (Å²) < 4.78 is 0. The molecule has 10 aromatic rings. The van der Waals surface area contributed by atoms with Gasteiger partial charge in [-0.25, -0.2) is 0 Å². The Kier molecular flexibility index (Phi) is 12.0. The average Bonchev–Trinajstić information content (AvgIpc) is 3.43. The number of hydrogen-bond donors (Lipinski definition) is 0. The van der Waals surface area contributed by atoms with Crippen molar-refractivity contribution in [3.05, 3.63) is 296 Å². The number of rotatable bonds is 12. The number of nitrogens with zero attached hydrogens (tertiary/aromatic N) is 2. The molecule has 1 aliphatic rings. The van der Waals surface area contributed by atoms with Crippen LogP contribution in [0.5, 0.6) is 0 Å². The normalized spacial score (nSPS) is 13.1. The Labute approximate surface area is 400 Å². The van der Waals surface area contributed by atoms with Crippen LogP contribution in [0, 0.1) is 0 Å². The summed E-state index contributed by atoms with van der Waals surface area (Å²) in [7, 11) is 0. The van der Waals surface area contributed by atoms with E-state index in [1.807, 2.05) is 0 Å². The Morgan fingerprint density at radius 3 is 1.03 bits per heavy atom. The van der Waals surface area contributed by atoms with Crippen LogP contribution in [0.15, 0.2) is 285 Å². The van der Waals surface area contributed by atoms with E-state index in [2.05, 4.69) is 295 Å². The van der Waals surface area contributed by atoms with Gasteiger partial charge in [0.15, 0.2) is 0 Å². The molecule has 0 bridgehead atoms. The third-order valence-electron chi connectivity index (χ3n) is 13.0. The number of para-hydroxylation sites is 2. The first kappa shape index (κ1) is 41.9. The van der Waals surface area contributed by atoms with Gasteiger partial charge in [0.05, 0.1) is 0 Å². The molecule has 0 N–H and O–H groups in total. The van der Waals surface area contributed by atoms with Crippen molar-refractivity contribution in [1.82, 2.24) is 0 Å². The van der Waals surface area contributed by atoms with Crippen molar-refractivity contribution in [2.24, 2.45) is 0 Å². The van der Waals surface area contributed by atoms with Crippen LogP contribution < -0.4 is 9.80 Å². The molecular weight excluding hydrogens is 821 g/mol. The van der Waals surface area contributed by atoms with E-state index >= 15 is 0 Å². The van der Waals surface area contributed by atoms with Crippen molar-refractivity contribution in [2.45, 2.75) is 12.3 Å².